The van der Waals surface area contributed by atoms with Crippen LogP contribution in [-0.4, -0.2) is 20.0 Å². The van der Waals surface area contributed by atoms with Gasteiger partial charge in [-0.05, 0) is 32.0 Å². The van der Waals surface area contributed by atoms with Gasteiger partial charge in [-0.1, -0.05) is 18.2 Å². The fourth-order valence-corrected chi connectivity index (χ4v) is 3.00. The molecular weight excluding hydrogens is 336 g/mol. The number of anilines is 1. The number of rotatable bonds is 5. The standard InChI is InChI=1S/C18H18N4O4/c1-3-20-15-10-13(19-17(23)12-8-6-5-7-9-12)14(22(25)26)11-16(15)21(4-2)18(20)24/h5-11H,3-4H2,1-2H3,(H,19,23). The lowest BCUT2D eigenvalue weighted by Crippen LogP contribution is -2.23. The van der Waals surface area contributed by atoms with Gasteiger partial charge in [-0.2, -0.15) is 0 Å². The Morgan fingerprint density at radius 1 is 1.08 bits per heavy atom. The van der Waals surface area contributed by atoms with Crippen molar-refractivity contribution < 1.29 is 9.72 Å². The van der Waals surface area contributed by atoms with Crippen LogP contribution in [0.5, 0.6) is 0 Å². The topological polar surface area (TPSA) is 99.2 Å². The molecule has 8 heteroatoms. The van der Waals surface area contributed by atoms with Gasteiger partial charge in [-0.3, -0.25) is 24.0 Å². The minimum Gasteiger partial charge on any atom is -0.316 e. The van der Waals surface area contributed by atoms with Gasteiger partial charge in [0.1, 0.15) is 5.69 Å². The highest BCUT2D eigenvalue weighted by Crippen LogP contribution is 2.30. The molecule has 134 valence electrons. The molecule has 1 aromatic heterocycles. The zero-order chi connectivity index (χ0) is 18.8. The molecule has 26 heavy (non-hydrogen) atoms. The van der Waals surface area contributed by atoms with Crippen LogP contribution in [0.25, 0.3) is 11.0 Å². The maximum Gasteiger partial charge on any atom is 0.329 e. The summed E-state index contributed by atoms with van der Waals surface area (Å²) in [5.41, 5.74) is 0.993. The summed E-state index contributed by atoms with van der Waals surface area (Å²) in [6.07, 6.45) is 0. The molecule has 1 heterocycles. The zero-order valence-electron chi connectivity index (χ0n) is 14.4. The first-order chi connectivity index (χ1) is 12.5. The first kappa shape index (κ1) is 17.4. The van der Waals surface area contributed by atoms with Crippen LogP contribution in [0.4, 0.5) is 11.4 Å². The van der Waals surface area contributed by atoms with E-state index in [4.69, 9.17) is 0 Å². The van der Waals surface area contributed by atoms with Crippen molar-refractivity contribution in [3.05, 3.63) is 68.6 Å². The van der Waals surface area contributed by atoms with Crippen LogP contribution in [0.15, 0.2) is 47.3 Å². The van der Waals surface area contributed by atoms with E-state index in [0.29, 0.717) is 29.7 Å². The van der Waals surface area contributed by atoms with E-state index in [1.165, 1.54) is 21.3 Å². The molecule has 0 atom stereocenters. The number of carbonyl (C=O) groups excluding carboxylic acids is 1. The number of amides is 1. The summed E-state index contributed by atoms with van der Waals surface area (Å²) in [6.45, 7) is 4.45. The Hall–Kier alpha value is -3.42. The van der Waals surface area contributed by atoms with E-state index >= 15 is 0 Å². The summed E-state index contributed by atoms with van der Waals surface area (Å²) in [6, 6.07) is 11.3. The molecule has 0 aliphatic carbocycles. The van der Waals surface area contributed by atoms with Crippen molar-refractivity contribution in [2.75, 3.05) is 5.32 Å². The largest absolute Gasteiger partial charge is 0.329 e. The van der Waals surface area contributed by atoms with E-state index in [9.17, 15) is 19.7 Å². The Labute approximate surface area is 148 Å². The average molecular weight is 354 g/mol. The predicted octanol–water partition coefficient (Wildman–Crippen LogP) is 3.00. The first-order valence-corrected chi connectivity index (χ1v) is 8.25. The minimum atomic E-state index is -0.562. The lowest BCUT2D eigenvalue weighted by molar-refractivity contribution is -0.383. The Morgan fingerprint density at radius 2 is 1.65 bits per heavy atom. The molecule has 0 unspecified atom stereocenters. The number of aromatic nitrogens is 2. The van der Waals surface area contributed by atoms with Crippen LogP contribution in [0.2, 0.25) is 0 Å². The number of fused-ring (bicyclic) bond motifs is 1. The van der Waals surface area contributed by atoms with Crippen LogP contribution >= 0.6 is 0 Å². The molecular formula is C18H18N4O4. The molecule has 0 aliphatic heterocycles. The molecule has 0 radical (unpaired) electrons. The number of nitro groups is 1. The van der Waals surface area contributed by atoms with Gasteiger partial charge in [-0.25, -0.2) is 4.79 Å². The maximum absolute atomic E-state index is 12.5. The quantitative estimate of drug-likeness (QED) is 0.562. The molecule has 8 nitrogen and oxygen atoms in total. The number of imidazole rings is 1. The summed E-state index contributed by atoms with van der Waals surface area (Å²) < 4.78 is 3.01. The second-order valence-electron chi connectivity index (χ2n) is 5.71. The molecule has 3 rings (SSSR count). The van der Waals surface area contributed by atoms with Gasteiger partial charge in [-0.15, -0.1) is 0 Å². The van der Waals surface area contributed by atoms with E-state index < -0.39 is 10.8 Å². The van der Waals surface area contributed by atoms with Crippen molar-refractivity contribution >= 4 is 28.3 Å². The van der Waals surface area contributed by atoms with Crippen LogP contribution in [0.3, 0.4) is 0 Å². The molecule has 1 amide bonds. The van der Waals surface area contributed by atoms with Gasteiger partial charge >= 0.3 is 5.69 Å². The normalized spacial score (nSPS) is 10.8. The van der Waals surface area contributed by atoms with Crippen LogP contribution in [0.1, 0.15) is 24.2 Å². The molecule has 3 aromatic rings. The van der Waals surface area contributed by atoms with Crippen molar-refractivity contribution in [2.24, 2.45) is 0 Å². The average Bonchev–Trinajstić information content (AvgIpc) is 2.91. The van der Waals surface area contributed by atoms with Gasteiger partial charge in [0.05, 0.1) is 16.0 Å². The van der Waals surface area contributed by atoms with Crippen LogP contribution in [0, 0.1) is 10.1 Å². The number of nitrogens with zero attached hydrogens (tertiary/aromatic N) is 3. The van der Waals surface area contributed by atoms with Crippen LogP contribution < -0.4 is 11.0 Å². The van der Waals surface area contributed by atoms with E-state index in [0.717, 1.165) is 0 Å². The summed E-state index contributed by atoms with van der Waals surface area (Å²) in [5.74, 6) is -0.451. The highest BCUT2D eigenvalue weighted by atomic mass is 16.6. The predicted molar refractivity (Wildman–Crippen MR) is 98.6 cm³/mol. The van der Waals surface area contributed by atoms with Crippen molar-refractivity contribution in [1.29, 1.82) is 0 Å². The Bertz CT molecular complexity index is 1050. The van der Waals surface area contributed by atoms with E-state index in [1.807, 2.05) is 6.92 Å². The van der Waals surface area contributed by atoms with Crippen molar-refractivity contribution in [1.82, 2.24) is 9.13 Å². The second kappa shape index (κ2) is 6.83. The third-order valence-electron chi connectivity index (χ3n) is 4.25. The van der Waals surface area contributed by atoms with E-state index in [2.05, 4.69) is 5.32 Å². The minimum absolute atomic E-state index is 0.0619. The summed E-state index contributed by atoms with van der Waals surface area (Å²) in [7, 11) is 0. The van der Waals surface area contributed by atoms with Gasteiger partial charge in [0, 0.05) is 24.7 Å². The SMILES string of the molecule is CCn1c(=O)n(CC)c2cc([N+](=O)[O-])c(NC(=O)c3ccccc3)cc21. The van der Waals surface area contributed by atoms with E-state index in [1.54, 1.807) is 37.3 Å². The number of nitro benzene ring substituents is 1. The molecule has 0 saturated heterocycles. The van der Waals surface area contributed by atoms with Gasteiger partial charge < -0.3 is 5.32 Å². The molecule has 2 aromatic carbocycles. The molecule has 0 aliphatic rings. The smallest absolute Gasteiger partial charge is 0.316 e. The highest BCUT2D eigenvalue weighted by Gasteiger charge is 2.22. The third kappa shape index (κ3) is 2.85. The second-order valence-corrected chi connectivity index (χ2v) is 5.71. The summed E-state index contributed by atoms with van der Waals surface area (Å²) in [4.78, 5) is 35.8. The fraction of sp³-hybridized carbons (Fsp3) is 0.222. The molecule has 0 fully saturated rings. The van der Waals surface area contributed by atoms with Crippen LogP contribution in [-0.2, 0) is 13.1 Å². The summed E-state index contributed by atoms with van der Waals surface area (Å²) in [5, 5.41) is 14.1. The number of hydrogen-bond donors (Lipinski definition) is 1. The van der Waals surface area contributed by atoms with E-state index in [-0.39, 0.29) is 17.1 Å². The Morgan fingerprint density at radius 3 is 2.19 bits per heavy atom. The molecule has 0 spiro atoms. The maximum atomic E-state index is 12.5. The summed E-state index contributed by atoms with van der Waals surface area (Å²) >= 11 is 0. The fourth-order valence-electron chi connectivity index (χ4n) is 3.00. The lowest BCUT2D eigenvalue weighted by atomic mass is 10.2. The van der Waals surface area contributed by atoms with Crippen molar-refractivity contribution in [3.8, 4) is 0 Å². The molecule has 1 N–H and O–H groups in total. The van der Waals surface area contributed by atoms with Crippen molar-refractivity contribution in [3.63, 3.8) is 0 Å². The molecule has 0 bridgehead atoms. The number of aryl methyl sites for hydroxylation is 2. The van der Waals surface area contributed by atoms with Gasteiger partial charge in [0.15, 0.2) is 0 Å². The number of benzene rings is 2. The Balaban J connectivity index is 2.18. The number of hydrogen-bond acceptors (Lipinski definition) is 4. The number of nitrogens with one attached hydrogen (secondary N) is 1. The monoisotopic (exact) mass is 354 g/mol. The number of carbonyl (C=O) groups is 1. The van der Waals surface area contributed by atoms with Crippen molar-refractivity contribution in [2.45, 2.75) is 26.9 Å². The molecule has 0 saturated carbocycles. The third-order valence-corrected chi connectivity index (χ3v) is 4.25. The lowest BCUT2D eigenvalue weighted by Gasteiger charge is -2.08. The first-order valence-electron chi connectivity index (χ1n) is 8.25. The van der Waals surface area contributed by atoms with Gasteiger partial charge in [0.25, 0.3) is 11.6 Å². The van der Waals surface area contributed by atoms with Gasteiger partial charge in [0.2, 0.25) is 0 Å². The zero-order valence-corrected chi connectivity index (χ0v) is 14.4. The highest BCUT2D eigenvalue weighted by molar-refractivity contribution is 6.06. The Kier molecular flexibility index (Phi) is 4.57.